The van der Waals surface area contributed by atoms with Crippen LogP contribution in [0.5, 0.6) is 0 Å². The van der Waals surface area contributed by atoms with Crippen LogP contribution in [0.3, 0.4) is 0 Å². The van der Waals surface area contributed by atoms with Crippen LogP contribution in [0.15, 0.2) is 30.3 Å². The first-order chi connectivity index (χ1) is 13.2. The van der Waals surface area contributed by atoms with Crippen LogP contribution in [0, 0.1) is 0 Å². The number of para-hydroxylation sites is 1. The lowest BCUT2D eigenvalue weighted by Crippen LogP contribution is -2.50. The number of carboxylic acids is 1. The number of piperazine rings is 1. The Bertz CT molecular complexity index is 605. The van der Waals surface area contributed by atoms with E-state index < -0.39 is 12.1 Å². The Morgan fingerprint density at radius 2 is 1.75 bits per heavy atom. The van der Waals surface area contributed by atoms with E-state index in [1.54, 1.807) is 0 Å². The molecule has 1 fully saturated rings. The molecule has 2 rings (SSSR count). The summed E-state index contributed by atoms with van der Waals surface area (Å²) < 4.78 is 31.7. The fourth-order valence-corrected chi connectivity index (χ4v) is 2.92. The van der Waals surface area contributed by atoms with Crippen molar-refractivity contribution in [2.75, 3.05) is 37.6 Å². The molecule has 0 aromatic heterocycles. The largest absolute Gasteiger partial charge is 0.490 e. The first kappa shape index (κ1) is 23.9. The van der Waals surface area contributed by atoms with Gasteiger partial charge >= 0.3 is 12.1 Å². The fraction of sp³-hybridized carbons (Fsp3) is 0.579. The molecule has 0 saturated carbocycles. The average molecular weight is 403 g/mol. The molecule has 0 bridgehead atoms. The zero-order valence-electron chi connectivity index (χ0n) is 16.2. The molecule has 0 spiro atoms. The van der Waals surface area contributed by atoms with E-state index in [0.29, 0.717) is 6.54 Å². The van der Waals surface area contributed by atoms with E-state index in [4.69, 9.17) is 9.90 Å². The van der Waals surface area contributed by atoms with Crippen LogP contribution in [0.4, 0.5) is 18.9 Å². The number of alkyl halides is 3. The summed E-state index contributed by atoms with van der Waals surface area (Å²) >= 11 is 0. The molecule has 1 aliphatic rings. The molecule has 6 nitrogen and oxygen atoms in total. The molecule has 1 aromatic rings. The number of carbonyl (C=O) groups excluding carboxylic acids is 1. The minimum absolute atomic E-state index is 0.212. The highest BCUT2D eigenvalue weighted by Crippen LogP contribution is 2.19. The molecule has 1 aromatic carbocycles. The summed E-state index contributed by atoms with van der Waals surface area (Å²) in [7, 11) is 0. The number of carboxylic acid groups (broad SMARTS) is 1. The SMILES string of the molecule is CCCC(C)N(C(=O)CN1CCNCC1)c1ccccc1.O=C(O)C(F)(F)F. The lowest BCUT2D eigenvalue weighted by molar-refractivity contribution is -0.192. The van der Waals surface area contributed by atoms with Crippen LogP contribution >= 0.6 is 0 Å². The van der Waals surface area contributed by atoms with Crippen molar-refractivity contribution in [2.45, 2.75) is 38.9 Å². The normalized spacial score (nSPS) is 15.9. The van der Waals surface area contributed by atoms with Gasteiger partial charge in [0.05, 0.1) is 6.54 Å². The van der Waals surface area contributed by atoms with Crippen LogP contribution in [-0.4, -0.2) is 66.8 Å². The Morgan fingerprint density at radius 3 is 2.21 bits per heavy atom. The summed E-state index contributed by atoms with van der Waals surface area (Å²) in [6.07, 6.45) is -2.96. The number of hydrogen-bond acceptors (Lipinski definition) is 4. The van der Waals surface area contributed by atoms with Gasteiger partial charge in [0.25, 0.3) is 0 Å². The number of nitrogens with one attached hydrogen (secondary N) is 1. The van der Waals surface area contributed by atoms with Gasteiger partial charge in [-0.2, -0.15) is 13.2 Å². The van der Waals surface area contributed by atoms with Gasteiger partial charge in [-0.3, -0.25) is 9.69 Å². The number of nitrogens with zero attached hydrogens (tertiary/aromatic N) is 2. The first-order valence-electron chi connectivity index (χ1n) is 9.27. The highest BCUT2D eigenvalue weighted by Gasteiger charge is 2.38. The zero-order valence-corrected chi connectivity index (χ0v) is 16.2. The second-order valence-electron chi connectivity index (χ2n) is 6.57. The number of rotatable bonds is 6. The summed E-state index contributed by atoms with van der Waals surface area (Å²) in [5.74, 6) is -2.54. The lowest BCUT2D eigenvalue weighted by atomic mass is 10.1. The van der Waals surface area contributed by atoms with Crippen molar-refractivity contribution in [3.05, 3.63) is 30.3 Å². The van der Waals surface area contributed by atoms with Crippen LogP contribution in [0.25, 0.3) is 0 Å². The third kappa shape index (κ3) is 8.26. The molecular formula is C19H28F3N3O3. The van der Waals surface area contributed by atoms with Crippen LogP contribution in [-0.2, 0) is 9.59 Å². The maximum atomic E-state index is 12.8. The Morgan fingerprint density at radius 1 is 1.21 bits per heavy atom. The molecule has 28 heavy (non-hydrogen) atoms. The Balaban J connectivity index is 0.000000480. The third-order valence-corrected chi connectivity index (χ3v) is 4.26. The maximum Gasteiger partial charge on any atom is 0.490 e. The van der Waals surface area contributed by atoms with Crippen LogP contribution in [0.2, 0.25) is 0 Å². The molecule has 9 heteroatoms. The topological polar surface area (TPSA) is 72.9 Å². The second-order valence-corrected chi connectivity index (χ2v) is 6.57. The lowest BCUT2D eigenvalue weighted by Gasteiger charge is -2.33. The van der Waals surface area contributed by atoms with Crippen molar-refractivity contribution >= 4 is 17.6 Å². The van der Waals surface area contributed by atoms with Gasteiger partial charge in [0.1, 0.15) is 0 Å². The predicted octanol–water partition coefficient (Wildman–Crippen LogP) is 2.75. The average Bonchev–Trinajstić information content (AvgIpc) is 2.63. The summed E-state index contributed by atoms with van der Waals surface area (Å²) in [4.78, 5) is 25.9. The standard InChI is InChI=1S/C17H27N3O.C2HF3O2/c1-3-7-15(2)20(16-8-5-4-6-9-16)17(21)14-19-12-10-18-11-13-19;3-2(4,5)1(6)7/h4-6,8-9,15,18H,3,7,10-14H2,1-2H3;(H,6,7). The summed E-state index contributed by atoms with van der Waals surface area (Å²) in [6.45, 7) is 8.69. The molecular weight excluding hydrogens is 375 g/mol. The zero-order chi connectivity index (χ0) is 21.2. The molecule has 1 heterocycles. The van der Waals surface area contributed by atoms with E-state index in [-0.39, 0.29) is 11.9 Å². The number of aliphatic carboxylic acids is 1. The van der Waals surface area contributed by atoms with Gasteiger partial charge < -0.3 is 15.3 Å². The molecule has 1 aliphatic heterocycles. The number of hydrogen-bond donors (Lipinski definition) is 2. The van der Waals surface area contributed by atoms with Crippen molar-refractivity contribution in [3.63, 3.8) is 0 Å². The molecule has 1 atom stereocenters. The monoisotopic (exact) mass is 403 g/mol. The van der Waals surface area contributed by atoms with Gasteiger partial charge in [0.2, 0.25) is 5.91 Å². The van der Waals surface area contributed by atoms with E-state index >= 15 is 0 Å². The molecule has 0 radical (unpaired) electrons. The van der Waals surface area contributed by atoms with Crippen LogP contribution < -0.4 is 10.2 Å². The van der Waals surface area contributed by atoms with Crippen LogP contribution in [0.1, 0.15) is 26.7 Å². The van der Waals surface area contributed by atoms with Gasteiger partial charge in [0, 0.05) is 37.9 Å². The minimum Gasteiger partial charge on any atom is -0.475 e. The van der Waals surface area contributed by atoms with E-state index in [9.17, 15) is 18.0 Å². The Labute approximate surface area is 163 Å². The molecule has 0 aliphatic carbocycles. The van der Waals surface area contributed by atoms with Gasteiger partial charge in [-0.25, -0.2) is 4.79 Å². The quantitative estimate of drug-likeness (QED) is 0.764. The predicted molar refractivity (Wildman–Crippen MR) is 101 cm³/mol. The number of carbonyl (C=O) groups is 2. The Hall–Kier alpha value is -2.13. The van der Waals surface area contributed by atoms with Crippen molar-refractivity contribution in [2.24, 2.45) is 0 Å². The van der Waals surface area contributed by atoms with Crippen molar-refractivity contribution in [1.82, 2.24) is 10.2 Å². The molecule has 1 unspecified atom stereocenters. The van der Waals surface area contributed by atoms with Crippen molar-refractivity contribution < 1.29 is 27.9 Å². The number of benzene rings is 1. The fourth-order valence-electron chi connectivity index (χ4n) is 2.92. The molecule has 2 N–H and O–H groups in total. The van der Waals surface area contributed by atoms with Gasteiger partial charge in [-0.1, -0.05) is 31.5 Å². The molecule has 1 saturated heterocycles. The second kappa shape index (κ2) is 11.7. The van der Waals surface area contributed by atoms with Gasteiger partial charge in [0.15, 0.2) is 0 Å². The summed E-state index contributed by atoms with van der Waals surface area (Å²) in [5, 5.41) is 10.5. The molecule has 158 valence electrons. The van der Waals surface area contributed by atoms with E-state index in [1.807, 2.05) is 35.2 Å². The van der Waals surface area contributed by atoms with E-state index in [1.165, 1.54) is 0 Å². The first-order valence-corrected chi connectivity index (χ1v) is 9.27. The smallest absolute Gasteiger partial charge is 0.475 e. The third-order valence-electron chi connectivity index (χ3n) is 4.26. The van der Waals surface area contributed by atoms with Crippen molar-refractivity contribution in [3.8, 4) is 0 Å². The minimum atomic E-state index is -5.08. The van der Waals surface area contributed by atoms with Gasteiger partial charge in [-0.05, 0) is 25.5 Å². The highest BCUT2D eigenvalue weighted by atomic mass is 19.4. The number of anilines is 1. The maximum absolute atomic E-state index is 12.8. The van der Waals surface area contributed by atoms with Crippen molar-refractivity contribution in [1.29, 1.82) is 0 Å². The summed E-state index contributed by atoms with van der Waals surface area (Å²) in [5.41, 5.74) is 1.01. The molecule has 1 amide bonds. The van der Waals surface area contributed by atoms with Gasteiger partial charge in [-0.15, -0.1) is 0 Å². The highest BCUT2D eigenvalue weighted by molar-refractivity contribution is 5.95. The van der Waals surface area contributed by atoms with E-state index in [0.717, 1.165) is 44.7 Å². The van der Waals surface area contributed by atoms with E-state index in [2.05, 4.69) is 24.1 Å². The Kier molecular flexibility index (Phi) is 9.95. The number of amides is 1. The summed E-state index contributed by atoms with van der Waals surface area (Å²) in [6, 6.07) is 10.3. The number of halogens is 3.